The molecule has 1 aromatic heterocycles. The van der Waals surface area contributed by atoms with Crippen molar-refractivity contribution < 1.29 is 14.3 Å². The number of carbonyl (C=O) groups is 1. The number of rotatable bonds is 4. The molecule has 1 fully saturated rings. The Labute approximate surface area is 143 Å². The van der Waals surface area contributed by atoms with Gasteiger partial charge in [-0.15, -0.1) is 0 Å². The van der Waals surface area contributed by atoms with Crippen LogP contribution in [0.4, 0.5) is 0 Å². The Hall–Kier alpha value is -2.71. The van der Waals surface area contributed by atoms with Gasteiger partial charge in [-0.05, 0) is 18.6 Å². The van der Waals surface area contributed by atoms with Crippen LogP contribution in [0, 0.1) is 6.92 Å². The summed E-state index contributed by atoms with van der Waals surface area (Å²) >= 11 is 0. The second-order valence-electron chi connectivity index (χ2n) is 5.96. The minimum Gasteiger partial charge on any atom is -0.459 e. The summed E-state index contributed by atoms with van der Waals surface area (Å²) in [7, 11) is 0. The lowest BCUT2D eigenvalue weighted by Crippen LogP contribution is -2.34. The molecule has 1 aliphatic rings. The number of aromatic amines is 1. The number of hydrogen-bond donors (Lipinski definition) is 2. The summed E-state index contributed by atoms with van der Waals surface area (Å²) in [5.74, 6) is -0.446. The highest BCUT2D eigenvalue weighted by Crippen LogP contribution is 2.26. The fraction of sp³-hybridized carbons (Fsp3) is 0.353. The Bertz CT molecular complexity index is 888. The van der Waals surface area contributed by atoms with E-state index >= 15 is 0 Å². The molecule has 25 heavy (non-hydrogen) atoms. The zero-order valence-electron chi connectivity index (χ0n) is 13.7. The normalized spacial score (nSPS) is 22.7. The van der Waals surface area contributed by atoms with Gasteiger partial charge < -0.3 is 15.2 Å². The van der Waals surface area contributed by atoms with E-state index in [-0.39, 0.29) is 6.61 Å². The number of nitrogens with zero attached hydrogens (tertiary/aromatic N) is 1. The van der Waals surface area contributed by atoms with Gasteiger partial charge in [0, 0.05) is 24.7 Å². The van der Waals surface area contributed by atoms with Crippen molar-refractivity contribution in [3.05, 3.63) is 68.5 Å². The van der Waals surface area contributed by atoms with E-state index in [1.54, 1.807) is 12.1 Å². The van der Waals surface area contributed by atoms with E-state index in [9.17, 15) is 14.4 Å². The second-order valence-corrected chi connectivity index (χ2v) is 5.96. The quantitative estimate of drug-likeness (QED) is 0.771. The third-order valence-electron chi connectivity index (χ3n) is 4.19. The lowest BCUT2D eigenvalue weighted by atomic mass is 10.1. The molecule has 0 bridgehead atoms. The molecule has 2 aromatic rings. The SMILES string of the molecule is Cc1ccccc1C(=O)OC[C@H]1O[C@@H](n2ccc(=O)[nH]c2=O)C[C@@H]1N. The third-order valence-corrected chi connectivity index (χ3v) is 4.19. The lowest BCUT2D eigenvalue weighted by Gasteiger charge is -2.16. The van der Waals surface area contributed by atoms with Gasteiger partial charge in [0.15, 0.2) is 0 Å². The van der Waals surface area contributed by atoms with Crippen LogP contribution in [0.3, 0.4) is 0 Å². The number of nitrogens with one attached hydrogen (secondary N) is 1. The van der Waals surface area contributed by atoms with Crippen molar-refractivity contribution in [2.45, 2.75) is 31.7 Å². The average Bonchev–Trinajstić information content (AvgIpc) is 2.93. The first kappa shape index (κ1) is 17.1. The number of esters is 1. The van der Waals surface area contributed by atoms with E-state index < -0.39 is 35.6 Å². The molecule has 0 aliphatic carbocycles. The van der Waals surface area contributed by atoms with Crippen LogP contribution in [0.25, 0.3) is 0 Å². The Morgan fingerprint density at radius 1 is 1.36 bits per heavy atom. The summed E-state index contributed by atoms with van der Waals surface area (Å²) in [6.45, 7) is 1.82. The molecule has 8 nitrogen and oxygen atoms in total. The van der Waals surface area contributed by atoms with E-state index in [2.05, 4.69) is 4.98 Å². The zero-order chi connectivity index (χ0) is 18.0. The summed E-state index contributed by atoms with van der Waals surface area (Å²) in [6.07, 6.45) is 0.594. The van der Waals surface area contributed by atoms with Crippen LogP contribution in [0.15, 0.2) is 46.1 Å². The van der Waals surface area contributed by atoms with Gasteiger partial charge in [-0.25, -0.2) is 9.59 Å². The predicted octanol–water partition coefficient (Wildman–Crippen LogP) is 0.317. The Balaban J connectivity index is 1.64. The molecule has 0 amide bonds. The van der Waals surface area contributed by atoms with E-state index in [1.165, 1.54) is 16.8 Å². The first-order valence-corrected chi connectivity index (χ1v) is 7.91. The maximum atomic E-state index is 12.2. The number of ether oxygens (including phenoxy) is 2. The number of benzene rings is 1. The zero-order valence-corrected chi connectivity index (χ0v) is 13.7. The molecule has 1 aliphatic heterocycles. The summed E-state index contributed by atoms with van der Waals surface area (Å²) in [6, 6.07) is 7.97. The van der Waals surface area contributed by atoms with Crippen LogP contribution in [0.5, 0.6) is 0 Å². The smallest absolute Gasteiger partial charge is 0.338 e. The molecule has 3 N–H and O–H groups in total. The monoisotopic (exact) mass is 345 g/mol. The Kier molecular flexibility index (Phi) is 4.82. The van der Waals surface area contributed by atoms with Gasteiger partial charge >= 0.3 is 11.7 Å². The van der Waals surface area contributed by atoms with Crippen molar-refractivity contribution in [3.8, 4) is 0 Å². The van der Waals surface area contributed by atoms with E-state index in [0.29, 0.717) is 12.0 Å². The van der Waals surface area contributed by atoms with Crippen molar-refractivity contribution in [1.29, 1.82) is 0 Å². The number of H-pyrrole nitrogens is 1. The van der Waals surface area contributed by atoms with Gasteiger partial charge in [-0.1, -0.05) is 18.2 Å². The van der Waals surface area contributed by atoms with Crippen LogP contribution in [0.1, 0.15) is 28.6 Å². The average molecular weight is 345 g/mol. The van der Waals surface area contributed by atoms with Gasteiger partial charge in [0.05, 0.1) is 5.56 Å². The molecule has 1 saturated heterocycles. The summed E-state index contributed by atoms with van der Waals surface area (Å²) in [4.78, 5) is 37.3. The minimum atomic E-state index is -0.610. The molecule has 3 rings (SSSR count). The number of nitrogens with two attached hydrogens (primary N) is 1. The lowest BCUT2D eigenvalue weighted by molar-refractivity contribution is -0.0363. The largest absolute Gasteiger partial charge is 0.459 e. The highest BCUT2D eigenvalue weighted by molar-refractivity contribution is 5.90. The van der Waals surface area contributed by atoms with Gasteiger partial charge in [0.25, 0.3) is 5.56 Å². The van der Waals surface area contributed by atoms with E-state index in [1.807, 2.05) is 19.1 Å². The fourth-order valence-electron chi connectivity index (χ4n) is 2.78. The van der Waals surface area contributed by atoms with Gasteiger partial charge in [-0.2, -0.15) is 0 Å². The number of hydrogen-bond acceptors (Lipinski definition) is 6. The summed E-state index contributed by atoms with van der Waals surface area (Å²) in [5, 5.41) is 0. The van der Waals surface area contributed by atoms with Crippen LogP contribution in [-0.4, -0.2) is 34.3 Å². The molecule has 2 heterocycles. The van der Waals surface area contributed by atoms with Crippen molar-refractivity contribution in [2.24, 2.45) is 5.73 Å². The third kappa shape index (κ3) is 3.70. The highest BCUT2D eigenvalue weighted by Gasteiger charge is 2.35. The van der Waals surface area contributed by atoms with Crippen molar-refractivity contribution >= 4 is 5.97 Å². The number of aromatic nitrogens is 2. The number of aryl methyl sites for hydroxylation is 1. The van der Waals surface area contributed by atoms with Crippen molar-refractivity contribution in [2.75, 3.05) is 6.61 Å². The Morgan fingerprint density at radius 2 is 2.12 bits per heavy atom. The molecular formula is C17H19N3O5. The van der Waals surface area contributed by atoms with Crippen LogP contribution < -0.4 is 17.0 Å². The van der Waals surface area contributed by atoms with Crippen LogP contribution >= 0.6 is 0 Å². The van der Waals surface area contributed by atoms with Crippen molar-refractivity contribution in [3.63, 3.8) is 0 Å². The molecule has 132 valence electrons. The molecule has 3 atom stereocenters. The molecule has 0 radical (unpaired) electrons. The molecule has 0 unspecified atom stereocenters. The van der Waals surface area contributed by atoms with E-state index in [0.717, 1.165) is 5.56 Å². The van der Waals surface area contributed by atoms with Crippen LogP contribution in [0.2, 0.25) is 0 Å². The van der Waals surface area contributed by atoms with Gasteiger partial charge in [-0.3, -0.25) is 14.3 Å². The summed E-state index contributed by atoms with van der Waals surface area (Å²) < 4.78 is 12.3. The summed E-state index contributed by atoms with van der Waals surface area (Å²) in [5.41, 5.74) is 6.30. The minimum absolute atomic E-state index is 0.0110. The van der Waals surface area contributed by atoms with Crippen LogP contribution in [-0.2, 0) is 9.47 Å². The maximum absolute atomic E-state index is 12.2. The second kappa shape index (κ2) is 7.04. The van der Waals surface area contributed by atoms with Gasteiger partial charge in [0.1, 0.15) is 18.9 Å². The number of carbonyl (C=O) groups excluding carboxylic acids is 1. The standard InChI is InChI=1S/C17H19N3O5/c1-10-4-2-3-5-11(10)16(22)24-9-13-12(18)8-15(25-13)20-7-6-14(21)19-17(20)23/h2-7,12-13,15H,8-9,18H2,1H3,(H,19,21,23)/t12-,13+,15+/m0/s1. The predicted molar refractivity (Wildman–Crippen MR) is 89.3 cm³/mol. The fourth-order valence-corrected chi connectivity index (χ4v) is 2.78. The molecule has 0 spiro atoms. The Morgan fingerprint density at radius 3 is 2.84 bits per heavy atom. The van der Waals surface area contributed by atoms with Crippen molar-refractivity contribution in [1.82, 2.24) is 9.55 Å². The van der Waals surface area contributed by atoms with E-state index in [4.69, 9.17) is 15.2 Å². The molecule has 0 saturated carbocycles. The maximum Gasteiger partial charge on any atom is 0.338 e. The molecule has 8 heteroatoms. The van der Waals surface area contributed by atoms with Gasteiger partial charge in [0.2, 0.25) is 0 Å². The highest BCUT2D eigenvalue weighted by atomic mass is 16.6. The topological polar surface area (TPSA) is 116 Å². The first-order valence-electron chi connectivity index (χ1n) is 7.91. The first-order chi connectivity index (χ1) is 12.0. The molecule has 1 aromatic carbocycles. The molecular weight excluding hydrogens is 326 g/mol.